The van der Waals surface area contributed by atoms with E-state index in [0.717, 1.165) is 5.56 Å². The SMILES string of the molecule is COc1ccc(COC(=O)C2C(=O)CCC3C(NC(=O)c4ccccc4)C(=O)N23)cc1. The van der Waals surface area contributed by atoms with Crippen LogP contribution >= 0.6 is 0 Å². The molecule has 0 saturated carbocycles. The molecular formula is C23H22N2O6. The third kappa shape index (κ3) is 4.01. The molecule has 2 aromatic rings. The monoisotopic (exact) mass is 422 g/mol. The number of Topliss-reactive ketones (excluding diaryl/α,β-unsaturated/α-hetero) is 1. The van der Waals surface area contributed by atoms with Crippen LogP contribution in [0.25, 0.3) is 0 Å². The molecule has 2 aliphatic heterocycles. The van der Waals surface area contributed by atoms with E-state index in [-0.39, 0.29) is 24.7 Å². The zero-order valence-corrected chi connectivity index (χ0v) is 16.9. The summed E-state index contributed by atoms with van der Waals surface area (Å²) in [6.45, 7) is -0.0204. The van der Waals surface area contributed by atoms with Gasteiger partial charge in [0, 0.05) is 12.0 Å². The number of hydrogen-bond acceptors (Lipinski definition) is 6. The first-order chi connectivity index (χ1) is 15.0. The molecule has 0 aliphatic carbocycles. The normalized spacial score (nSPS) is 22.2. The van der Waals surface area contributed by atoms with Gasteiger partial charge in [-0.2, -0.15) is 0 Å². The molecule has 1 N–H and O–H groups in total. The minimum absolute atomic E-state index is 0.0204. The van der Waals surface area contributed by atoms with Gasteiger partial charge in [0.1, 0.15) is 18.4 Å². The van der Waals surface area contributed by atoms with E-state index in [1.807, 2.05) is 0 Å². The molecular weight excluding hydrogens is 400 g/mol. The Morgan fingerprint density at radius 1 is 1.06 bits per heavy atom. The zero-order valence-electron chi connectivity index (χ0n) is 16.9. The van der Waals surface area contributed by atoms with Crippen LogP contribution in [0.4, 0.5) is 0 Å². The lowest BCUT2D eigenvalue weighted by molar-refractivity contribution is -0.175. The number of nitrogens with one attached hydrogen (secondary N) is 1. The summed E-state index contributed by atoms with van der Waals surface area (Å²) < 4.78 is 10.4. The molecule has 0 spiro atoms. The number of esters is 1. The zero-order chi connectivity index (χ0) is 22.0. The Morgan fingerprint density at radius 2 is 1.77 bits per heavy atom. The van der Waals surface area contributed by atoms with Gasteiger partial charge in [0.15, 0.2) is 11.8 Å². The molecule has 0 radical (unpaired) electrons. The van der Waals surface area contributed by atoms with E-state index in [2.05, 4.69) is 5.32 Å². The van der Waals surface area contributed by atoms with Crippen LogP contribution in [0.3, 0.4) is 0 Å². The molecule has 2 fully saturated rings. The predicted molar refractivity (Wildman–Crippen MR) is 109 cm³/mol. The van der Waals surface area contributed by atoms with E-state index in [0.29, 0.717) is 17.7 Å². The van der Waals surface area contributed by atoms with Crippen LogP contribution < -0.4 is 10.1 Å². The first kappa shape index (κ1) is 20.6. The molecule has 4 rings (SSSR count). The number of rotatable bonds is 6. The van der Waals surface area contributed by atoms with E-state index in [1.165, 1.54) is 4.90 Å². The number of ketones is 1. The molecule has 3 atom stereocenters. The Labute approximate surface area is 179 Å². The van der Waals surface area contributed by atoms with Crippen LogP contribution in [0.5, 0.6) is 5.75 Å². The third-order valence-corrected chi connectivity index (χ3v) is 5.62. The van der Waals surface area contributed by atoms with E-state index >= 15 is 0 Å². The van der Waals surface area contributed by atoms with Gasteiger partial charge in [-0.3, -0.25) is 14.4 Å². The Bertz CT molecular complexity index is 1000. The average Bonchev–Trinajstić information content (AvgIpc) is 2.81. The van der Waals surface area contributed by atoms with Crippen LogP contribution in [-0.2, 0) is 25.7 Å². The molecule has 0 aromatic heterocycles. The second kappa shape index (κ2) is 8.59. The lowest BCUT2D eigenvalue weighted by atomic mass is 9.81. The number of carbonyl (C=O) groups is 4. The number of carbonyl (C=O) groups excluding carboxylic acids is 4. The summed E-state index contributed by atoms with van der Waals surface area (Å²) in [6.07, 6.45) is 0.543. The highest BCUT2D eigenvalue weighted by molar-refractivity contribution is 6.10. The fraction of sp³-hybridized carbons (Fsp3) is 0.304. The van der Waals surface area contributed by atoms with Crippen molar-refractivity contribution < 1.29 is 28.7 Å². The minimum Gasteiger partial charge on any atom is -0.497 e. The smallest absolute Gasteiger partial charge is 0.337 e. The number of β-lactam (4-membered cyclic amide) rings is 1. The highest BCUT2D eigenvalue weighted by Crippen LogP contribution is 2.33. The Balaban J connectivity index is 1.39. The van der Waals surface area contributed by atoms with Gasteiger partial charge in [-0.25, -0.2) is 4.79 Å². The first-order valence-electron chi connectivity index (χ1n) is 10.00. The standard InChI is InChI=1S/C23H22N2O6/c1-30-16-9-7-14(8-10-16)13-31-23(29)20-18(26)12-11-17-19(22(28)25(17)20)24-21(27)15-5-3-2-4-6-15/h2-10,17,19-20H,11-13H2,1H3,(H,24,27). The van der Waals surface area contributed by atoms with E-state index in [9.17, 15) is 19.2 Å². The fourth-order valence-corrected chi connectivity index (χ4v) is 3.95. The molecule has 2 heterocycles. The second-order valence-corrected chi connectivity index (χ2v) is 7.49. The van der Waals surface area contributed by atoms with Gasteiger partial charge in [-0.1, -0.05) is 30.3 Å². The van der Waals surface area contributed by atoms with Crippen molar-refractivity contribution in [3.8, 4) is 5.75 Å². The summed E-state index contributed by atoms with van der Waals surface area (Å²) in [6, 6.07) is 13.1. The van der Waals surface area contributed by atoms with Crippen LogP contribution in [0.1, 0.15) is 28.8 Å². The Morgan fingerprint density at radius 3 is 2.45 bits per heavy atom. The van der Waals surface area contributed by atoms with Crippen molar-refractivity contribution >= 4 is 23.6 Å². The van der Waals surface area contributed by atoms with Gasteiger partial charge in [0.2, 0.25) is 5.91 Å². The summed E-state index contributed by atoms with van der Waals surface area (Å²) in [5, 5.41) is 2.72. The molecule has 2 saturated heterocycles. The van der Waals surface area contributed by atoms with Gasteiger partial charge in [0.05, 0.1) is 13.2 Å². The van der Waals surface area contributed by atoms with E-state index in [1.54, 1.807) is 61.7 Å². The van der Waals surface area contributed by atoms with Crippen molar-refractivity contribution in [2.24, 2.45) is 0 Å². The minimum atomic E-state index is -1.27. The molecule has 160 valence electrons. The van der Waals surface area contributed by atoms with Crippen LogP contribution in [0.15, 0.2) is 54.6 Å². The third-order valence-electron chi connectivity index (χ3n) is 5.62. The molecule has 2 amide bonds. The van der Waals surface area contributed by atoms with Gasteiger partial charge in [0.25, 0.3) is 5.91 Å². The number of hydrogen-bond donors (Lipinski definition) is 1. The Hall–Kier alpha value is -3.68. The maximum absolute atomic E-state index is 12.7. The number of methoxy groups -OCH3 is 1. The van der Waals surface area contributed by atoms with Gasteiger partial charge < -0.3 is 19.7 Å². The van der Waals surface area contributed by atoms with Crippen LogP contribution in [0, 0.1) is 0 Å². The Kier molecular flexibility index (Phi) is 5.70. The topological polar surface area (TPSA) is 102 Å². The van der Waals surface area contributed by atoms with Gasteiger partial charge >= 0.3 is 5.97 Å². The first-order valence-corrected chi connectivity index (χ1v) is 10.00. The molecule has 2 aromatic carbocycles. The summed E-state index contributed by atoms with van der Waals surface area (Å²) in [5.41, 5.74) is 1.17. The quantitative estimate of drug-likeness (QED) is 0.430. The molecule has 0 bridgehead atoms. The van der Waals surface area contributed by atoms with Crippen LogP contribution in [0.2, 0.25) is 0 Å². The van der Waals surface area contributed by atoms with Crippen molar-refractivity contribution in [1.29, 1.82) is 0 Å². The summed E-state index contributed by atoms with van der Waals surface area (Å²) in [4.78, 5) is 51.4. The number of ether oxygens (including phenoxy) is 2. The molecule has 8 heteroatoms. The molecule has 31 heavy (non-hydrogen) atoms. The number of amides is 2. The lowest BCUT2D eigenvalue weighted by Gasteiger charge is -2.52. The largest absolute Gasteiger partial charge is 0.497 e. The van der Waals surface area contributed by atoms with Gasteiger partial charge in [-0.15, -0.1) is 0 Å². The number of fused-ring (bicyclic) bond motifs is 1. The van der Waals surface area contributed by atoms with Crippen molar-refractivity contribution in [2.45, 2.75) is 37.6 Å². The van der Waals surface area contributed by atoms with Gasteiger partial charge in [-0.05, 0) is 36.2 Å². The summed E-state index contributed by atoms with van der Waals surface area (Å²) in [7, 11) is 1.56. The van der Waals surface area contributed by atoms with E-state index < -0.39 is 30.0 Å². The lowest BCUT2D eigenvalue weighted by Crippen LogP contribution is -2.77. The summed E-state index contributed by atoms with van der Waals surface area (Å²) in [5.74, 6) is -1.25. The maximum Gasteiger partial charge on any atom is 0.337 e. The number of piperidine rings is 1. The second-order valence-electron chi connectivity index (χ2n) is 7.49. The molecule has 2 aliphatic rings. The summed E-state index contributed by atoms with van der Waals surface area (Å²) >= 11 is 0. The van der Waals surface area contributed by atoms with Crippen molar-refractivity contribution in [1.82, 2.24) is 10.2 Å². The number of nitrogens with zero attached hydrogens (tertiary/aromatic N) is 1. The molecule has 3 unspecified atom stereocenters. The predicted octanol–water partition coefficient (Wildman–Crippen LogP) is 1.48. The molecule has 8 nitrogen and oxygen atoms in total. The van der Waals surface area contributed by atoms with Crippen molar-refractivity contribution in [3.63, 3.8) is 0 Å². The highest BCUT2D eigenvalue weighted by Gasteiger charge is 2.57. The van der Waals surface area contributed by atoms with E-state index in [4.69, 9.17) is 9.47 Å². The highest BCUT2D eigenvalue weighted by atomic mass is 16.5. The van der Waals surface area contributed by atoms with Crippen molar-refractivity contribution in [3.05, 3.63) is 65.7 Å². The average molecular weight is 422 g/mol. The maximum atomic E-state index is 12.7. The van der Waals surface area contributed by atoms with Crippen molar-refractivity contribution in [2.75, 3.05) is 7.11 Å². The number of benzene rings is 2. The van der Waals surface area contributed by atoms with Crippen LogP contribution in [-0.4, -0.2) is 53.7 Å². The fourth-order valence-electron chi connectivity index (χ4n) is 3.95.